The van der Waals surface area contributed by atoms with Gasteiger partial charge in [0.1, 0.15) is 0 Å². The first-order valence-corrected chi connectivity index (χ1v) is 6.66. The number of benzene rings is 2. The van der Waals surface area contributed by atoms with Gasteiger partial charge in [-0.15, -0.1) is 0 Å². The van der Waals surface area contributed by atoms with Gasteiger partial charge in [-0.2, -0.15) is 0 Å². The Kier molecular flexibility index (Phi) is 4.03. The first-order valence-electron chi connectivity index (χ1n) is 5.16. The van der Waals surface area contributed by atoms with Gasteiger partial charge in [0, 0.05) is 10.4 Å². The summed E-state index contributed by atoms with van der Waals surface area (Å²) in [7, 11) is 0. The van der Waals surface area contributed by atoms with E-state index in [2.05, 4.69) is 46.3 Å². The van der Waals surface area contributed by atoms with Crippen molar-refractivity contribution in [2.75, 3.05) is 0 Å². The quantitative estimate of drug-likeness (QED) is 0.712. The molecule has 0 N–H and O–H groups in total. The number of hydrogen-bond donors (Lipinski definition) is 0. The van der Waals surface area contributed by atoms with Crippen molar-refractivity contribution in [2.45, 2.75) is 11.8 Å². The van der Waals surface area contributed by atoms with Gasteiger partial charge < -0.3 is 0 Å². The van der Waals surface area contributed by atoms with Crippen LogP contribution in [0.2, 0.25) is 5.02 Å². The molecule has 2 heteroatoms. The summed E-state index contributed by atoms with van der Waals surface area (Å²) in [5, 5.41) is 1.70. The van der Waals surface area contributed by atoms with Crippen molar-refractivity contribution in [3.8, 4) is 0 Å². The third-order valence-corrected chi connectivity index (χ3v) is 3.33. The predicted octanol–water partition coefficient (Wildman–Crippen LogP) is 4.83. The van der Waals surface area contributed by atoms with Crippen molar-refractivity contribution in [2.24, 2.45) is 0 Å². The molecule has 0 aliphatic heterocycles. The molecule has 16 heavy (non-hydrogen) atoms. The molecule has 0 spiro atoms. The third-order valence-electron chi connectivity index (χ3n) is 2.44. The monoisotopic (exact) mass is 294 g/mol. The van der Waals surface area contributed by atoms with Crippen LogP contribution in [0.3, 0.4) is 0 Å². The molecule has 0 bridgehead atoms. The largest absolute Gasteiger partial charge is 0.0876 e. The van der Waals surface area contributed by atoms with E-state index >= 15 is 0 Å². The first kappa shape index (κ1) is 11.7. The van der Waals surface area contributed by atoms with Crippen LogP contribution in [-0.4, -0.2) is 0 Å². The minimum atomic E-state index is 0.800. The Labute approximate surface area is 109 Å². The number of halogens is 2. The Balaban J connectivity index is 2.20. The van der Waals surface area contributed by atoms with Gasteiger partial charge in [0.25, 0.3) is 0 Å². The highest BCUT2D eigenvalue weighted by Crippen LogP contribution is 2.16. The molecule has 0 heterocycles. The molecule has 0 aromatic heterocycles. The molecular formula is C14H12BrCl. The van der Waals surface area contributed by atoms with Crippen LogP contribution in [0, 0.1) is 0 Å². The molecular weight excluding hydrogens is 284 g/mol. The van der Waals surface area contributed by atoms with E-state index in [1.165, 1.54) is 16.7 Å². The summed E-state index contributed by atoms with van der Waals surface area (Å²) in [5.74, 6) is 0. The molecule has 0 amide bonds. The maximum Gasteiger partial charge on any atom is 0.0408 e. The fraction of sp³-hybridized carbons (Fsp3) is 0.143. The fourth-order valence-corrected chi connectivity index (χ4v) is 2.27. The molecule has 2 rings (SSSR count). The molecule has 0 atom stereocenters. The number of alkyl halides is 1. The van der Waals surface area contributed by atoms with Crippen LogP contribution in [0.1, 0.15) is 16.7 Å². The summed E-state index contributed by atoms with van der Waals surface area (Å²) in [6.07, 6.45) is 0.932. The highest BCUT2D eigenvalue weighted by molar-refractivity contribution is 9.08. The second-order valence-corrected chi connectivity index (χ2v) is 4.76. The van der Waals surface area contributed by atoms with Gasteiger partial charge in [-0.1, -0.05) is 63.9 Å². The Morgan fingerprint density at radius 1 is 0.875 bits per heavy atom. The van der Waals surface area contributed by atoms with Crippen molar-refractivity contribution < 1.29 is 0 Å². The standard InChI is InChI=1S/C14H12BrCl/c15-10-13-5-1-3-11(8-13)7-12-4-2-6-14(16)9-12/h1-6,8-9H,7,10H2. The van der Waals surface area contributed by atoms with Gasteiger partial charge in [0.2, 0.25) is 0 Å². The Morgan fingerprint density at radius 2 is 1.50 bits per heavy atom. The maximum atomic E-state index is 5.96. The van der Waals surface area contributed by atoms with Crippen molar-refractivity contribution in [3.05, 3.63) is 70.2 Å². The third kappa shape index (κ3) is 3.10. The smallest absolute Gasteiger partial charge is 0.0408 e. The average Bonchev–Trinajstić information content (AvgIpc) is 2.29. The predicted molar refractivity (Wildman–Crippen MR) is 73.3 cm³/mol. The van der Waals surface area contributed by atoms with E-state index in [1.54, 1.807) is 0 Å². The second kappa shape index (κ2) is 5.51. The maximum absolute atomic E-state index is 5.96. The lowest BCUT2D eigenvalue weighted by Gasteiger charge is -2.04. The van der Waals surface area contributed by atoms with Crippen LogP contribution in [-0.2, 0) is 11.8 Å². The molecule has 0 unspecified atom stereocenters. The minimum absolute atomic E-state index is 0.800. The zero-order chi connectivity index (χ0) is 11.4. The second-order valence-electron chi connectivity index (χ2n) is 3.76. The van der Waals surface area contributed by atoms with E-state index in [0.29, 0.717) is 0 Å². The molecule has 0 nitrogen and oxygen atoms in total. The highest BCUT2D eigenvalue weighted by atomic mass is 79.9. The molecule has 2 aromatic rings. The Hall–Kier alpha value is -0.790. The summed E-state index contributed by atoms with van der Waals surface area (Å²) in [4.78, 5) is 0. The zero-order valence-corrected chi connectivity index (χ0v) is 11.1. The van der Waals surface area contributed by atoms with Crippen molar-refractivity contribution >= 4 is 27.5 Å². The Morgan fingerprint density at radius 3 is 2.19 bits per heavy atom. The van der Waals surface area contributed by atoms with E-state index in [4.69, 9.17) is 11.6 Å². The normalized spacial score (nSPS) is 10.4. The summed E-state index contributed by atoms with van der Waals surface area (Å²) in [5.41, 5.74) is 3.87. The van der Waals surface area contributed by atoms with E-state index < -0.39 is 0 Å². The SMILES string of the molecule is Clc1cccc(Cc2cccc(CBr)c2)c1. The molecule has 0 radical (unpaired) electrons. The molecule has 0 aliphatic rings. The summed E-state index contributed by atoms with van der Waals surface area (Å²) in [6.45, 7) is 0. The van der Waals surface area contributed by atoms with Crippen LogP contribution in [0.15, 0.2) is 48.5 Å². The van der Waals surface area contributed by atoms with Crippen LogP contribution in [0.25, 0.3) is 0 Å². The average molecular weight is 296 g/mol. The Bertz CT molecular complexity index is 480. The van der Waals surface area contributed by atoms with Gasteiger partial charge in [-0.05, 0) is 35.2 Å². The van der Waals surface area contributed by atoms with E-state index in [1.807, 2.05) is 18.2 Å². The molecule has 0 aliphatic carbocycles. The van der Waals surface area contributed by atoms with E-state index in [0.717, 1.165) is 16.8 Å². The van der Waals surface area contributed by atoms with Crippen LogP contribution in [0.4, 0.5) is 0 Å². The fourth-order valence-electron chi connectivity index (χ4n) is 1.71. The van der Waals surface area contributed by atoms with Crippen molar-refractivity contribution in [1.29, 1.82) is 0 Å². The van der Waals surface area contributed by atoms with Crippen LogP contribution in [0.5, 0.6) is 0 Å². The molecule has 82 valence electrons. The van der Waals surface area contributed by atoms with E-state index in [-0.39, 0.29) is 0 Å². The number of hydrogen-bond acceptors (Lipinski definition) is 0. The highest BCUT2D eigenvalue weighted by Gasteiger charge is 1.98. The van der Waals surface area contributed by atoms with Gasteiger partial charge in [0.15, 0.2) is 0 Å². The molecule has 0 saturated heterocycles. The van der Waals surface area contributed by atoms with Crippen molar-refractivity contribution in [3.63, 3.8) is 0 Å². The van der Waals surface area contributed by atoms with Gasteiger partial charge in [0.05, 0.1) is 0 Å². The minimum Gasteiger partial charge on any atom is -0.0876 e. The van der Waals surface area contributed by atoms with Gasteiger partial charge in [-0.3, -0.25) is 0 Å². The lowest BCUT2D eigenvalue weighted by Crippen LogP contribution is -1.89. The van der Waals surface area contributed by atoms with Gasteiger partial charge >= 0.3 is 0 Å². The summed E-state index contributed by atoms with van der Waals surface area (Å²) < 4.78 is 0. The van der Waals surface area contributed by atoms with Crippen LogP contribution < -0.4 is 0 Å². The van der Waals surface area contributed by atoms with Crippen molar-refractivity contribution in [1.82, 2.24) is 0 Å². The van der Waals surface area contributed by atoms with Crippen LogP contribution >= 0.6 is 27.5 Å². The topological polar surface area (TPSA) is 0 Å². The summed E-state index contributed by atoms with van der Waals surface area (Å²) in [6, 6.07) is 16.6. The number of rotatable bonds is 3. The molecule has 0 saturated carbocycles. The molecule has 0 fully saturated rings. The van der Waals surface area contributed by atoms with Gasteiger partial charge in [-0.25, -0.2) is 0 Å². The first-order chi connectivity index (χ1) is 7.78. The summed E-state index contributed by atoms with van der Waals surface area (Å²) >= 11 is 9.43. The zero-order valence-electron chi connectivity index (χ0n) is 8.79. The lowest BCUT2D eigenvalue weighted by atomic mass is 10.0. The lowest BCUT2D eigenvalue weighted by molar-refractivity contribution is 1.18. The van der Waals surface area contributed by atoms with E-state index in [9.17, 15) is 0 Å². The molecule has 2 aromatic carbocycles.